The summed E-state index contributed by atoms with van der Waals surface area (Å²) in [5, 5.41) is 2.85. The molecule has 7 heteroatoms. The van der Waals surface area contributed by atoms with Crippen LogP contribution < -0.4 is 29.0 Å². The summed E-state index contributed by atoms with van der Waals surface area (Å²) in [5.41, 5.74) is 1.01. The molecule has 144 valence electrons. The molecule has 0 saturated heterocycles. The Labute approximate surface area is 158 Å². The van der Waals surface area contributed by atoms with E-state index in [1.54, 1.807) is 30.3 Å². The van der Waals surface area contributed by atoms with Crippen LogP contribution in [0.3, 0.4) is 0 Å². The van der Waals surface area contributed by atoms with Gasteiger partial charge in [-0.25, -0.2) is 0 Å². The standard InChI is InChI=1S/C20H23NO6/c1-4-23-17-9-13(10-18(24-5-2)19(17)25-6-3)20(22)21-14-7-8-15-16(11-14)27-12-26-15/h7-11H,4-6,12H2,1-3H3,(H,21,22). The van der Waals surface area contributed by atoms with Gasteiger partial charge in [0.1, 0.15) is 0 Å². The van der Waals surface area contributed by atoms with Gasteiger partial charge in [-0.2, -0.15) is 0 Å². The van der Waals surface area contributed by atoms with Crippen LogP contribution in [0.5, 0.6) is 28.7 Å². The van der Waals surface area contributed by atoms with E-state index in [2.05, 4.69) is 5.32 Å². The number of fused-ring (bicyclic) bond motifs is 1. The van der Waals surface area contributed by atoms with Crippen molar-refractivity contribution in [2.24, 2.45) is 0 Å². The number of ether oxygens (including phenoxy) is 5. The molecule has 0 unspecified atom stereocenters. The van der Waals surface area contributed by atoms with Crippen molar-refractivity contribution in [1.82, 2.24) is 0 Å². The number of carbonyl (C=O) groups is 1. The molecule has 0 bridgehead atoms. The van der Waals surface area contributed by atoms with Crippen molar-refractivity contribution in [3.63, 3.8) is 0 Å². The summed E-state index contributed by atoms with van der Waals surface area (Å²) in [5.74, 6) is 2.41. The molecule has 0 fully saturated rings. The van der Waals surface area contributed by atoms with Crippen LogP contribution in [0.1, 0.15) is 31.1 Å². The number of amides is 1. The molecule has 0 atom stereocenters. The predicted molar refractivity (Wildman–Crippen MR) is 100 cm³/mol. The average Bonchev–Trinajstić information content (AvgIpc) is 3.12. The minimum atomic E-state index is -0.293. The lowest BCUT2D eigenvalue weighted by Crippen LogP contribution is -2.13. The Balaban J connectivity index is 1.88. The summed E-state index contributed by atoms with van der Waals surface area (Å²) in [4.78, 5) is 12.8. The lowest BCUT2D eigenvalue weighted by Gasteiger charge is -2.17. The monoisotopic (exact) mass is 373 g/mol. The largest absolute Gasteiger partial charge is 0.490 e. The normalized spacial score (nSPS) is 11.8. The Morgan fingerprint density at radius 3 is 2.19 bits per heavy atom. The van der Waals surface area contributed by atoms with Crippen molar-refractivity contribution < 1.29 is 28.5 Å². The van der Waals surface area contributed by atoms with Crippen LogP contribution in [0.2, 0.25) is 0 Å². The van der Waals surface area contributed by atoms with Gasteiger partial charge in [0.05, 0.1) is 19.8 Å². The number of hydrogen-bond acceptors (Lipinski definition) is 6. The predicted octanol–water partition coefficient (Wildman–Crippen LogP) is 3.86. The van der Waals surface area contributed by atoms with Gasteiger partial charge in [0.15, 0.2) is 23.0 Å². The fraction of sp³-hybridized carbons (Fsp3) is 0.350. The number of rotatable bonds is 8. The zero-order valence-corrected chi connectivity index (χ0v) is 15.7. The van der Waals surface area contributed by atoms with E-state index >= 15 is 0 Å². The van der Waals surface area contributed by atoms with Gasteiger partial charge in [0.2, 0.25) is 12.5 Å². The van der Waals surface area contributed by atoms with Gasteiger partial charge in [-0.15, -0.1) is 0 Å². The highest BCUT2D eigenvalue weighted by atomic mass is 16.7. The van der Waals surface area contributed by atoms with Crippen LogP contribution in [0.15, 0.2) is 30.3 Å². The molecule has 2 aromatic rings. The lowest BCUT2D eigenvalue weighted by molar-refractivity contribution is 0.102. The van der Waals surface area contributed by atoms with Gasteiger partial charge in [-0.3, -0.25) is 4.79 Å². The van der Waals surface area contributed by atoms with E-state index in [1.807, 2.05) is 20.8 Å². The zero-order valence-electron chi connectivity index (χ0n) is 15.7. The molecule has 2 aromatic carbocycles. The summed E-state index contributed by atoms with van der Waals surface area (Å²) in [6.45, 7) is 7.15. The first-order valence-electron chi connectivity index (χ1n) is 8.93. The molecule has 0 radical (unpaired) electrons. The van der Waals surface area contributed by atoms with Crippen LogP contribution in [-0.2, 0) is 0 Å². The third kappa shape index (κ3) is 4.19. The molecule has 3 rings (SSSR count). The first kappa shape index (κ1) is 18.7. The summed E-state index contributed by atoms with van der Waals surface area (Å²) in [6.07, 6.45) is 0. The first-order valence-corrected chi connectivity index (χ1v) is 8.93. The summed E-state index contributed by atoms with van der Waals surface area (Å²) in [7, 11) is 0. The maximum absolute atomic E-state index is 12.8. The van der Waals surface area contributed by atoms with Crippen LogP contribution in [0, 0.1) is 0 Å². The van der Waals surface area contributed by atoms with E-state index in [1.165, 1.54) is 0 Å². The Morgan fingerprint density at radius 1 is 0.926 bits per heavy atom. The third-order valence-corrected chi connectivity index (χ3v) is 3.80. The Kier molecular flexibility index (Phi) is 5.90. The molecule has 0 aliphatic carbocycles. The average molecular weight is 373 g/mol. The fourth-order valence-electron chi connectivity index (χ4n) is 2.70. The van der Waals surface area contributed by atoms with Gasteiger partial charge in [0, 0.05) is 17.3 Å². The molecule has 1 heterocycles. The minimum Gasteiger partial charge on any atom is -0.490 e. The van der Waals surface area contributed by atoms with Crippen molar-refractivity contribution in [2.75, 3.05) is 31.9 Å². The molecule has 0 aromatic heterocycles. The Bertz CT molecular complexity index is 793. The van der Waals surface area contributed by atoms with Gasteiger partial charge < -0.3 is 29.0 Å². The number of carbonyl (C=O) groups excluding carboxylic acids is 1. The van der Waals surface area contributed by atoms with E-state index in [4.69, 9.17) is 23.7 Å². The van der Waals surface area contributed by atoms with Crippen LogP contribution in [0.4, 0.5) is 5.69 Å². The summed E-state index contributed by atoms with van der Waals surface area (Å²) >= 11 is 0. The highest BCUT2D eigenvalue weighted by Gasteiger charge is 2.19. The second-order valence-corrected chi connectivity index (χ2v) is 5.62. The second kappa shape index (κ2) is 8.53. The molecule has 7 nitrogen and oxygen atoms in total. The molecule has 1 aliphatic heterocycles. The highest BCUT2D eigenvalue weighted by Crippen LogP contribution is 2.39. The number of hydrogen-bond donors (Lipinski definition) is 1. The Morgan fingerprint density at radius 2 is 1.56 bits per heavy atom. The van der Waals surface area contributed by atoms with Crippen molar-refractivity contribution >= 4 is 11.6 Å². The highest BCUT2D eigenvalue weighted by molar-refractivity contribution is 6.05. The van der Waals surface area contributed by atoms with Gasteiger partial charge in [-0.05, 0) is 45.0 Å². The maximum Gasteiger partial charge on any atom is 0.255 e. The summed E-state index contributed by atoms with van der Waals surface area (Å²) in [6, 6.07) is 8.54. The number of anilines is 1. The van der Waals surface area contributed by atoms with E-state index in [0.717, 1.165) is 0 Å². The molecular formula is C20H23NO6. The minimum absolute atomic E-state index is 0.182. The topological polar surface area (TPSA) is 75.3 Å². The van der Waals surface area contributed by atoms with E-state index < -0.39 is 0 Å². The SMILES string of the molecule is CCOc1cc(C(=O)Nc2ccc3c(c2)OCO3)cc(OCC)c1OCC. The fourth-order valence-corrected chi connectivity index (χ4v) is 2.70. The quantitative estimate of drug-likeness (QED) is 0.757. The van der Waals surface area contributed by atoms with Crippen molar-refractivity contribution in [2.45, 2.75) is 20.8 Å². The van der Waals surface area contributed by atoms with Crippen molar-refractivity contribution in [3.8, 4) is 28.7 Å². The van der Waals surface area contributed by atoms with E-state index in [9.17, 15) is 4.79 Å². The first-order chi connectivity index (χ1) is 13.2. The Hall–Kier alpha value is -3.09. The summed E-state index contributed by atoms with van der Waals surface area (Å²) < 4.78 is 27.6. The molecule has 1 aliphatic rings. The van der Waals surface area contributed by atoms with Gasteiger partial charge >= 0.3 is 0 Å². The zero-order chi connectivity index (χ0) is 19.2. The molecule has 0 spiro atoms. The third-order valence-electron chi connectivity index (χ3n) is 3.80. The molecule has 1 amide bonds. The van der Waals surface area contributed by atoms with E-state index in [-0.39, 0.29) is 12.7 Å². The molecular weight excluding hydrogens is 350 g/mol. The maximum atomic E-state index is 12.8. The van der Waals surface area contributed by atoms with Crippen molar-refractivity contribution in [1.29, 1.82) is 0 Å². The number of nitrogens with one attached hydrogen (secondary N) is 1. The second-order valence-electron chi connectivity index (χ2n) is 5.62. The lowest BCUT2D eigenvalue weighted by atomic mass is 10.1. The molecule has 27 heavy (non-hydrogen) atoms. The van der Waals surface area contributed by atoms with Gasteiger partial charge in [-0.1, -0.05) is 0 Å². The molecule has 0 saturated carbocycles. The molecule has 1 N–H and O–H groups in total. The number of benzene rings is 2. The van der Waals surface area contributed by atoms with Crippen LogP contribution in [0.25, 0.3) is 0 Å². The van der Waals surface area contributed by atoms with E-state index in [0.29, 0.717) is 59.8 Å². The van der Waals surface area contributed by atoms with Gasteiger partial charge in [0.25, 0.3) is 5.91 Å². The smallest absolute Gasteiger partial charge is 0.255 e. The van der Waals surface area contributed by atoms with Crippen LogP contribution in [-0.4, -0.2) is 32.5 Å². The van der Waals surface area contributed by atoms with Crippen LogP contribution >= 0.6 is 0 Å². The van der Waals surface area contributed by atoms with Crippen molar-refractivity contribution in [3.05, 3.63) is 35.9 Å².